The Balaban J connectivity index is 3.21. The molecule has 3 heteroatoms. The lowest BCUT2D eigenvalue weighted by Gasteiger charge is -2.01. The Morgan fingerprint density at radius 2 is 2.14 bits per heavy atom. The van der Waals surface area contributed by atoms with Crippen molar-refractivity contribution in [2.45, 2.75) is 13.3 Å². The number of carbonyl (C=O) groups is 1. The van der Waals surface area contributed by atoms with Crippen molar-refractivity contribution in [2.24, 2.45) is 0 Å². The molecule has 0 rings (SSSR count). The number of carbonyl (C=O) groups excluding carboxylic acids is 1. The third kappa shape index (κ3) is 8.59. The van der Waals surface area contributed by atoms with Crippen LogP contribution in [0.4, 0.5) is 0 Å². The van der Waals surface area contributed by atoms with Crippen molar-refractivity contribution in [1.29, 1.82) is 0 Å². The van der Waals surface area contributed by atoms with Crippen LogP contribution in [0.1, 0.15) is 13.3 Å². The maximum atomic E-state index is 10.6. The van der Waals surface area contributed by atoms with Gasteiger partial charge in [0.25, 0.3) is 0 Å². The Morgan fingerprint density at radius 3 is 2.79 bits per heavy atom. The Bertz CT molecular complexity index is 217. The zero-order valence-electron chi connectivity index (χ0n) is 8.44. The molecule has 78 valence electrons. The molecule has 0 saturated heterocycles. The molecule has 0 radical (unpaired) electrons. The number of ether oxygens (including phenoxy) is 2. The molecular weight excluding hydrogens is 180 g/mol. The van der Waals surface area contributed by atoms with Crippen LogP contribution < -0.4 is 0 Å². The van der Waals surface area contributed by atoms with Gasteiger partial charge in [0.1, 0.15) is 0 Å². The van der Waals surface area contributed by atoms with Crippen LogP contribution in [0.3, 0.4) is 0 Å². The summed E-state index contributed by atoms with van der Waals surface area (Å²) in [5.41, 5.74) is 0. The molecule has 0 bridgehead atoms. The normalized spacial score (nSPS) is 10.6. The molecule has 0 aromatic carbocycles. The van der Waals surface area contributed by atoms with Gasteiger partial charge in [-0.05, 0) is 13.0 Å². The molecule has 14 heavy (non-hydrogen) atoms. The SMILES string of the molecule is C=CC(=O)OCCCO/C=C/C=C\C. The Labute approximate surface area is 84.7 Å². The topological polar surface area (TPSA) is 35.5 Å². The molecule has 0 aliphatic carbocycles. The number of esters is 1. The monoisotopic (exact) mass is 196 g/mol. The lowest BCUT2D eigenvalue weighted by atomic mass is 10.5. The van der Waals surface area contributed by atoms with Gasteiger partial charge in [0.15, 0.2) is 0 Å². The summed E-state index contributed by atoms with van der Waals surface area (Å²) < 4.78 is 9.85. The average molecular weight is 196 g/mol. The third-order valence-corrected chi connectivity index (χ3v) is 1.30. The minimum atomic E-state index is -0.394. The highest BCUT2D eigenvalue weighted by Gasteiger charge is 1.93. The summed E-state index contributed by atoms with van der Waals surface area (Å²) in [6.07, 6.45) is 9.01. The summed E-state index contributed by atoms with van der Waals surface area (Å²) >= 11 is 0. The van der Waals surface area contributed by atoms with Gasteiger partial charge in [-0.25, -0.2) is 4.79 Å². The Morgan fingerprint density at radius 1 is 1.36 bits per heavy atom. The zero-order valence-corrected chi connectivity index (χ0v) is 8.44. The first-order valence-electron chi connectivity index (χ1n) is 4.50. The van der Waals surface area contributed by atoms with Crippen molar-refractivity contribution in [3.63, 3.8) is 0 Å². The predicted molar refractivity (Wildman–Crippen MR) is 55.7 cm³/mol. The van der Waals surface area contributed by atoms with Crippen LogP contribution in [-0.4, -0.2) is 19.2 Å². The second kappa shape index (κ2) is 9.58. The lowest BCUT2D eigenvalue weighted by molar-refractivity contribution is -0.138. The maximum absolute atomic E-state index is 10.6. The van der Waals surface area contributed by atoms with Crippen LogP contribution in [0.25, 0.3) is 0 Å². The Hall–Kier alpha value is -1.51. The molecule has 0 atom stereocenters. The first-order valence-corrected chi connectivity index (χ1v) is 4.50. The summed E-state index contributed by atoms with van der Waals surface area (Å²) in [4.78, 5) is 10.6. The highest BCUT2D eigenvalue weighted by molar-refractivity contribution is 5.81. The molecule has 0 unspecified atom stereocenters. The molecule has 3 nitrogen and oxygen atoms in total. The van der Waals surface area contributed by atoms with Crippen molar-refractivity contribution in [1.82, 2.24) is 0 Å². The van der Waals surface area contributed by atoms with Crippen molar-refractivity contribution in [3.05, 3.63) is 37.1 Å². The predicted octanol–water partition coefficient (Wildman–Crippen LogP) is 2.21. The van der Waals surface area contributed by atoms with Gasteiger partial charge in [-0.3, -0.25) is 0 Å². The molecule has 0 spiro atoms. The fraction of sp³-hybridized carbons (Fsp3) is 0.364. The summed E-state index contributed by atoms with van der Waals surface area (Å²) in [5.74, 6) is -0.394. The minimum absolute atomic E-state index is 0.363. The molecule has 0 aromatic rings. The van der Waals surface area contributed by atoms with E-state index in [1.54, 1.807) is 12.3 Å². The van der Waals surface area contributed by atoms with Crippen LogP contribution in [0.2, 0.25) is 0 Å². The molecule has 0 aliphatic heterocycles. The number of hydrogen-bond acceptors (Lipinski definition) is 3. The van der Waals surface area contributed by atoms with Crippen molar-refractivity contribution < 1.29 is 14.3 Å². The number of allylic oxidation sites excluding steroid dienone is 3. The Kier molecular flexibility index (Phi) is 8.54. The van der Waals surface area contributed by atoms with Crippen LogP contribution in [0.15, 0.2) is 37.1 Å². The van der Waals surface area contributed by atoms with Crippen molar-refractivity contribution in [3.8, 4) is 0 Å². The zero-order chi connectivity index (χ0) is 10.6. The van der Waals surface area contributed by atoms with E-state index in [-0.39, 0.29) is 0 Å². The number of rotatable bonds is 7. The van der Waals surface area contributed by atoms with E-state index in [1.807, 2.05) is 19.1 Å². The molecule has 0 fully saturated rings. The van der Waals surface area contributed by atoms with Crippen LogP contribution in [-0.2, 0) is 14.3 Å². The van der Waals surface area contributed by atoms with Gasteiger partial charge in [-0.15, -0.1) is 0 Å². The maximum Gasteiger partial charge on any atom is 0.330 e. The summed E-state index contributed by atoms with van der Waals surface area (Å²) in [6.45, 7) is 6.12. The first-order chi connectivity index (χ1) is 6.81. The largest absolute Gasteiger partial charge is 0.501 e. The van der Waals surface area contributed by atoms with E-state index in [0.29, 0.717) is 19.6 Å². The van der Waals surface area contributed by atoms with Crippen LogP contribution in [0.5, 0.6) is 0 Å². The lowest BCUT2D eigenvalue weighted by Crippen LogP contribution is -2.03. The molecule has 0 aromatic heterocycles. The smallest absolute Gasteiger partial charge is 0.330 e. The minimum Gasteiger partial charge on any atom is -0.501 e. The van der Waals surface area contributed by atoms with Gasteiger partial charge in [0.05, 0.1) is 19.5 Å². The molecular formula is C11H16O3. The molecule has 0 N–H and O–H groups in total. The summed E-state index contributed by atoms with van der Waals surface area (Å²) in [5, 5.41) is 0. The van der Waals surface area contributed by atoms with E-state index in [9.17, 15) is 4.79 Å². The van der Waals surface area contributed by atoms with E-state index in [2.05, 4.69) is 6.58 Å². The van der Waals surface area contributed by atoms with Gasteiger partial charge in [-0.2, -0.15) is 0 Å². The third-order valence-electron chi connectivity index (χ3n) is 1.30. The number of hydrogen-bond donors (Lipinski definition) is 0. The second-order valence-electron chi connectivity index (χ2n) is 2.45. The van der Waals surface area contributed by atoms with E-state index >= 15 is 0 Å². The van der Waals surface area contributed by atoms with Gasteiger partial charge in [0.2, 0.25) is 0 Å². The average Bonchev–Trinajstić information content (AvgIpc) is 2.21. The van der Waals surface area contributed by atoms with Crippen LogP contribution >= 0.6 is 0 Å². The van der Waals surface area contributed by atoms with Gasteiger partial charge < -0.3 is 9.47 Å². The first kappa shape index (κ1) is 12.5. The van der Waals surface area contributed by atoms with Gasteiger partial charge in [0, 0.05) is 12.5 Å². The molecule has 0 saturated carbocycles. The molecule has 0 heterocycles. The van der Waals surface area contributed by atoms with Gasteiger partial charge >= 0.3 is 5.97 Å². The molecule has 0 aliphatic rings. The van der Waals surface area contributed by atoms with E-state index in [1.165, 1.54) is 0 Å². The van der Waals surface area contributed by atoms with Crippen molar-refractivity contribution in [2.75, 3.05) is 13.2 Å². The second-order valence-corrected chi connectivity index (χ2v) is 2.45. The summed E-state index contributed by atoms with van der Waals surface area (Å²) in [6, 6.07) is 0. The van der Waals surface area contributed by atoms with E-state index in [4.69, 9.17) is 9.47 Å². The standard InChI is InChI=1S/C11H16O3/c1-3-5-6-8-13-9-7-10-14-11(12)4-2/h3-6,8H,2,7,9-10H2,1H3/b5-3-,8-6+. The summed E-state index contributed by atoms with van der Waals surface area (Å²) in [7, 11) is 0. The van der Waals surface area contributed by atoms with Crippen molar-refractivity contribution >= 4 is 5.97 Å². The van der Waals surface area contributed by atoms with E-state index in [0.717, 1.165) is 6.08 Å². The fourth-order valence-electron chi connectivity index (χ4n) is 0.654. The van der Waals surface area contributed by atoms with E-state index < -0.39 is 5.97 Å². The molecule has 0 amide bonds. The fourth-order valence-corrected chi connectivity index (χ4v) is 0.654. The van der Waals surface area contributed by atoms with Gasteiger partial charge in [-0.1, -0.05) is 18.7 Å². The quantitative estimate of drug-likeness (QED) is 0.206. The highest BCUT2D eigenvalue weighted by atomic mass is 16.5. The highest BCUT2D eigenvalue weighted by Crippen LogP contribution is 1.88. The van der Waals surface area contributed by atoms with Crippen LogP contribution in [0, 0.1) is 0 Å².